The molecule has 0 heterocycles. The van der Waals surface area contributed by atoms with Crippen molar-refractivity contribution in [1.29, 1.82) is 0 Å². The minimum Gasteiger partial charge on any atom is -0.481 e. The molecule has 4 aliphatic rings. The summed E-state index contributed by atoms with van der Waals surface area (Å²) in [6, 6.07) is 0. The normalized spacial score (nSPS) is 50.6. The second kappa shape index (κ2) is 6.79. The van der Waals surface area contributed by atoms with Gasteiger partial charge in [0, 0.05) is 6.42 Å². The van der Waals surface area contributed by atoms with Gasteiger partial charge in [-0.1, -0.05) is 26.7 Å². The van der Waals surface area contributed by atoms with Gasteiger partial charge in [-0.05, 0) is 98.2 Å². The Morgan fingerprint density at radius 1 is 1.04 bits per heavy atom. The second-order valence-corrected chi connectivity index (χ2v) is 10.7. The number of aliphatic carboxylic acids is 1. The van der Waals surface area contributed by atoms with Gasteiger partial charge in [-0.3, -0.25) is 4.79 Å². The molecule has 0 aliphatic heterocycles. The SMILES string of the molecule is CC12CC(O)C3C(CC[C@@H]4CCCC[C@]34C)C1CCC2CCCC(=O)O. The summed E-state index contributed by atoms with van der Waals surface area (Å²) in [5.74, 6) is 2.75. The summed E-state index contributed by atoms with van der Waals surface area (Å²) in [4.78, 5) is 10.9. The standard InChI is InChI=1S/C23H38O3/c1-22-13-4-3-6-15(22)9-11-17-18-12-10-16(7-5-8-20(25)26)23(18,2)14-19(24)21(17)22/h15-19,21,24H,3-14H2,1-2H3,(H,25,26)/t15-,16?,17?,18?,19?,21?,22-,23?/m0/s1. The summed E-state index contributed by atoms with van der Waals surface area (Å²) in [6.45, 7) is 4.95. The Balaban J connectivity index is 1.54. The molecule has 0 aromatic heterocycles. The van der Waals surface area contributed by atoms with Crippen molar-refractivity contribution >= 4 is 5.97 Å². The molecule has 3 heteroatoms. The third-order valence-corrected chi connectivity index (χ3v) is 9.65. The number of hydrogen-bond acceptors (Lipinski definition) is 2. The lowest BCUT2D eigenvalue weighted by Gasteiger charge is -2.62. The zero-order chi connectivity index (χ0) is 18.5. The number of carboxylic acid groups (broad SMARTS) is 1. The van der Waals surface area contributed by atoms with Crippen molar-refractivity contribution in [2.75, 3.05) is 0 Å². The highest BCUT2D eigenvalue weighted by Gasteiger charge is 2.62. The van der Waals surface area contributed by atoms with Crippen molar-refractivity contribution in [2.24, 2.45) is 40.4 Å². The number of aliphatic hydroxyl groups excluding tert-OH is 1. The summed E-state index contributed by atoms with van der Waals surface area (Å²) >= 11 is 0. The Morgan fingerprint density at radius 2 is 1.85 bits per heavy atom. The van der Waals surface area contributed by atoms with Crippen molar-refractivity contribution in [3.05, 3.63) is 0 Å². The smallest absolute Gasteiger partial charge is 0.303 e. The lowest BCUT2D eigenvalue weighted by Crippen LogP contribution is -2.58. The fourth-order valence-corrected chi connectivity index (χ4v) is 8.50. The minimum atomic E-state index is -0.669. The van der Waals surface area contributed by atoms with Crippen molar-refractivity contribution in [3.8, 4) is 0 Å². The van der Waals surface area contributed by atoms with Crippen LogP contribution in [0, 0.1) is 40.4 Å². The monoisotopic (exact) mass is 362 g/mol. The van der Waals surface area contributed by atoms with Crippen LogP contribution in [0.2, 0.25) is 0 Å². The molecule has 2 N–H and O–H groups in total. The highest BCUT2D eigenvalue weighted by molar-refractivity contribution is 5.66. The minimum absolute atomic E-state index is 0.146. The molecule has 4 fully saturated rings. The molecule has 8 atom stereocenters. The fourth-order valence-electron chi connectivity index (χ4n) is 8.50. The van der Waals surface area contributed by atoms with E-state index in [-0.39, 0.29) is 11.5 Å². The Hall–Kier alpha value is -0.570. The van der Waals surface area contributed by atoms with Crippen LogP contribution in [0.5, 0.6) is 0 Å². The fraction of sp³-hybridized carbons (Fsp3) is 0.957. The number of hydrogen-bond donors (Lipinski definition) is 2. The van der Waals surface area contributed by atoms with Crippen LogP contribution < -0.4 is 0 Å². The Kier molecular flexibility index (Phi) is 4.91. The molecule has 3 nitrogen and oxygen atoms in total. The molecule has 4 aliphatic carbocycles. The molecule has 0 amide bonds. The molecule has 4 rings (SSSR count). The Bertz CT molecular complexity index is 546. The van der Waals surface area contributed by atoms with Crippen LogP contribution in [0.3, 0.4) is 0 Å². The summed E-state index contributed by atoms with van der Waals surface area (Å²) in [7, 11) is 0. The highest BCUT2D eigenvalue weighted by Crippen LogP contribution is 2.67. The van der Waals surface area contributed by atoms with Gasteiger partial charge in [-0.2, -0.15) is 0 Å². The topological polar surface area (TPSA) is 57.5 Å². The van der Waals surface area contributed by atoms with Crippen LogP contribution in [-0.2, 0) is 4.79 Å². The molecule has 6 unspecified atom stereocenters. The van der Waals surface area contributed by atoms with Crippen molar-refractivity contribution in [2.45, 2.75) is 97.0 Å². The van der Waals surface area contributed by atoms with Crippen LogP contribution in [-0.4, -0.2) is 22.3 Å². The predicted molar refractivity (Wildman–Crippen MR) is 103 cm³/mol. The Morgan fingerprint density at radius 3 is 2.62 bits per heavy atom. The van der Waals surface area contributed by atoms with Gasteiger partial charge in [0.25, 0.3) is 0 Å². The maximum atomic E-state index is 11.4. The number of aliphatic hydroxyl groups is 1. The molecule has 0 aromatic rings. The third kappa shape index (κ3) is 2.84. The molecular weight excluding hydrogens is 324 g/mol. The van der Waals surface area contributed by atoms with Crippen molar-refractivity contribution in [3.63, 3.8) is 0 Å². The molecule has 0 spiro atoms. The predicted octanol–water partition coefficient (Wildman–Crippen LogP) is 5.26. The number of rotatable bonds is 4. The maximum absolute atomic E-state index is 11.4. The van der Waals surface area contributed by atoms with E-state index in [2.05, 4.69) is 13.8 Å². The summed E-state index contributed by atoms with van der Waals surface area (Å²) < 4.78 is 0. The van der Waals surface area contributed by atoms with Gasteiger partial charge >= 0.3 is 5.97 Å². The quantitative estimate of drug-likeness (QED) is 0.717. The van der Waals surface area contributed by atoms with Crippen LogP contribution in [0.4, 0.5) is 0 Å². The maximum Gasteiger partial charge on any atom is 0.303 e. The van der Waals surface area contributed by atoms with Crippen LogP contribution in [0.15, 0.2) is 0 Å². The van der Waals surface area contributed by atoms with Gasteiger partial charge in [0.15, 0.2) is 0 Å². The van der Waals surface area contributed by atoms with Crippen LogP contribution in [0.25, 0.3) is 0 Å². The van der Waals surface area contributed by atoms with Gasteiger partial charge in [0.2, 0.25) is 0 Å². The van der Waals surface area contributed by atoms with E-state index in [4.69, 9.17) is 5.11 Å². The zero-order valence-corrected chi connectivity index (χ0v) is 16.8. The molecule has 0 radical (unpaired) electrons. The second-order valence-electron chi connectivity index (χ2n) is 10.7. The molecular formula is C23H38O3. The van der Waals surface area contributed by atoms with Crippen molar-refractivity contribution < 1.29 is 15.0 Å². The van der Waals surface area contributed by atoms with Crippen LogP contribution >= 0.6 is 0 Å². The van der Waals surface area contributed by atoms with E-state index in [1.54, 1.807) is 0 Å². The molecule has 4 saturated carbocycles. The van der Waals surface area contributed by atoms with Gasteiger partial charge in [-0.15, -0.1) is 0 Å². The largest absolute Gasteiger partial charge is 0.481 e. The number of carboxylic acids is 1. The van der Waals surface area contributed by atoms with E-state index in [1.807, 2.05) is 0 Å². The summed E-state index contributed by atoms with van der Waals surface area (Å²) in [6.07, 6.45) is 13.6. The van der Waals surface area contributed by atoms with E-state index in [9.17, 15) is 9.90 Å². The van der Waals surface area contributed by atoms with Gasteiger partial charge in [0.1, 0.15) is 0 Å². The van der Waals surface area contributed by atoms with Gasteiger partial charge in [-0.25, -0.2) is 0 Å². The first kappa shape index (κ1) is 18.8. The van der Waals surface area contributed by atoms with Gasteiger partial charge in [0.05, 0.1) is 6.10 Å². The molecule has 26 heavy (non-hydrogen) atoms. The average Bonchev–Trinajstić information content (AvgIpc) is 2.90. The molecule has 148 valence electrons. The number of fused-ring (bicyclic) bond motifs is 5. The van der Waals surface area contributed by atoms with E-state index in [0.29, 0.717) is 29.6 Å². The molecule has 0 saturated heterocycles. The average molecular weight is 363 g/mol. The first-order valence-corrected chi connectivity index (χ1v) is 11.3. The Labute approximate surface area is 158 Å². The molecule has 0 aromatic carbocycles. The number of carbonyl (C=O) groups is 1. The zero-order valence-electron chi connectivity index (χ0n) is 16.8. The van der Waals surface area contributed by atoms with E-state index in [0.717, 1.165) is 31.1 Å². The van der Waals surface area contributed by atoms with Gasteiger partial charge < -0.3 is 10.2 Å². The van der Waals surface area contributed by atoms with Crippen LogP contribution in [0.1, 0.15) is 90.9 Å². The molecule has 0 bridgehead atoms. The highest BCUT2D eigenvalue weighted by atomic mass is 16.4. The summed E-state index contributed by atoms with van der Waals surface area (Å²) in [5, 5.41) is 20.3. The summed E-state index contributed by atoms with van der Waals surface area (Å²) in [5.41, 5.74) is 0.597. The lowest BCUT2D eigenvalue weighted by atomic mass is 9.44. The van der Waals surface area contributed by atoms with E-state index < -0.39 is 5.97 Å². The van der Waals surface area contributed by atoms with E-state index >= 15 is 0 Å². The first-order chi connectivity index (χ1) is 12.4. The lowest BCUT2D eigenvalue weighted by molar-refractivity contribution is -0.169. The van der Waals surface area contributed by atoms with Crippen molar-refractivity contribution in [1.82, 2.24) is 0 Å². The van der Waals surface area contributed by atoms with E-state index in [1.165, 1.54) is 51.4 Å². The first-order valence-electron chi connectivity index (χ1n) is 11.3. The third-order valence-electron chi connectivity index (χ3n) is 9.65.